The second-order valence-electron chi connectivity index (χ2n) is 5.00. The van der Waals surface area contributed by atoms with Gasteiger partial charge in [-0.2, -0.15) is 0 Å². The Bertz CT molecular complexity index is 224. The van der Waals surface area contributed by atoms with Gasteiger partial charge in [0.05, 0.1) is 6.54 Å². The number of nitrogens with one attached hydrogen (secondary N) is 1. The fraction of sp³-hybridized carbons (Fsp3) is 0.909. The van der Waals surface area contributed by atoms with Crippen molar-refractivity contribution in [1.82, 2.24) is 10.2 Å². The molecular formula is C11H23N3O. The lowest BCUT2D eigenvalue weighted by Crippen LogP contribution is -2.55. The molecule has 1 rings (SSSR count). The van der Waals surface area contributed by atoms with Crippen molar-refractivity contribution in [2.45, 2.75) is 44.7 Å². The van der Waals surface area contributed by atoms with Crippen molar-refractivity contribution in [2.24, 2.45) is 5.73 Å². The van der Waals surface area contributed by atoms with E-state index in [2.05, 4.69) is 19.2 Å². The average molecular weight is 213 g/mol. The Morgan fingerprint density at radius 1 is 1.53 bits per heavy atom. The van der Waals surface area contributed by atoms with Crippen LogP contribution >= 0.6 is 0 Å². The lowest BCUT2D eigenvalue weighted by atomic mass is 9.78. The highest BCUT2D eigenvalue weighted by atomic mass is 16.2. The first-order chi connectivity index (χ1) is 6.93. The van der Waals surface area contributed by atoms with Crippen LogP contribution in [-0.4, -0.2) is 42.5 Å². The molecule has 0 aromatic rings. The fourth-order valence-electron chi connectivity index (χ4n) is 1.55. The van der Waals surface area contributed by atoms with E-state index in [9.17, 15) is 4.79 Å². The molecule has 0 bridgehead atoms. The zero-order chi connectivity index (χ0) is 11.5. The molecule has 0 aliphatic heterocycles. The molecule has 3 N–H and O–H groups in total. The second-order valence-corrected chi connectivity index (χ2v) is 5.00. The van der Waals surface area contributed by atoms with Crippen molar-refractivity contribution in [3.63, 3.8) is 0 Å². The molecule has 0 radical (unpaired) electrons. The van der Waals surface area contributed by atoms with Gasteiger partial charge >= 0.3 is 0 Å². The number of hydrogen-bond donors (Lipinski definition) is 2. The third kappa shape index (κ3) is 3.80. The Kier molecular flexibility index (Phi) is 4.11. The summed E-state index contributed by atoms with van der Waals surface area (Å²) in [5.41, 5.74) is 5.89. The van der Waals surface area contributed by atoms with Crippen molar-refractivity contribution in [3.8, 4) is 0 Å². The number of rotatable bonds is 5. The van der Waals surface area contributed by atoms with Gasteiger partial charge in [-0.25, -0.2) is 0 Å². The minimum atomic E-state index is -0.119. The molecule has 1 amide bonds. The third-order valence-corrected chi connectivity index (χ3v) is 3.26. The molecule has 0 aromatic heterocycles. The molecular weight excluding hydrogens is 190 g/mol. The highest BCUT2D eigenvalue weighted by Crippen LogP contribution is 2.27. The van der Waals surface area contributed by atoms with E-state index in [1.165, 1.54) is 6.42 Å². The first-order valence-corrected chi connectivity index (χ1v) is 5.69. The van der Waals surface area contributed by atoms with Gasteiger partial charge in [-0.3, -0.25) is 9.69 Å². The smallest absolute Gasteiger partial charge is 0.234 e. The Morgan fingerprint density at radius 3 is 2.53 bits per heavy atom. The Balaban J connectivity index is 2.18. The summed E-state index contributed by atoms with van der Waals surface area (Å²) >= 11 is 0. The van der Waals surface area contributed by atoms with Gasteiger partial charge in [0.25, 0.3) is 0 Å². The molecule has 0 unspecified atom stereocenters. The summed E-state index contributed by atoms with van der Waals surface area (Å²) in [4.78, 5) is 13.5. The van der Waals surface area contributed by atoms with Crippen LogP contribution in [0.15, 0.2) is 0 Å². The predicted molar refractivity (Wildman–Crippen MR) is 61.5 cm³/mol. The summed E-state index contributed by atoms with van der Waals surface area (Å²) in [6.45, 7) is 5.22. The molecule has 0 atom stereocenters. The fourth-order valence-corrected chi connectivity index (χ4v) is 1.55. The second kappa shape index (κ2) is 4.94. The molecule has 0 aromatic carbocycles. The van der Waals surface area contributed by atoms with Gasteiger partial charge in [-0.1, -0.05) is 0 Å². The van der Waals surface area contributed by atoms with E-state index in [1.807, 2.05) is 11.9 Å². The molecule has 0 heterocycles. The van der Waals surface area contributed by atoms with Gasteiger partial charge in [0.1, 0.15) is 0 Å². The Morgan fingerprint density at radius 2 is 2.13 bits per heavy atom. The van der Waals surface area contributed by atoms with Crippen LogP contribution in [0, 0.1) is 0 Å². The average Bonchev–Trinajstić information content (AvgIpc) is 2.11. The normalized spacial score (nSPS) is 19.1. The molecule has 1 saturated carbocycles. The number of nitrogens with zero attached hydrogens (tertiary/aromatic N) is 1. The van der Waals surface area contributed by atoms with Crippen LogP contribution in [0.4, 0.5) is 0 Å². The largest absolute Gasteiger partial charge is 0.353 e. The van der Waals surface area contributed by atoms with Crippen LogP contribution in [0.3, 0.4) is 0 Å². The third-order valence-electron chi connectivity index (χ3n) is 3.26. The van der Waals surface area contributed by atoms with Crippen molar-refractivity contribution in [1.29, 1.82) is 0 Å². The first kappa shape index (κ1) is 12.5. The van der Waals surface area contributed by atoms with Gasteiger partial charge in [0.15, 0.2) is 0 Å². The predicted octanol–water partition coefficient (Wildman–Crippen LogP) is 0.324. The number of likely N-dealkylation sites (N-methyl/N-ethyl adjacent to an activating group) is 1. The van der Waals surface area contributed by atoms with E-state index in [0.717, 1.165) is 12.8 Å². The maximum Gasteiger partial charge on any atom is 0.234 e. The number of nitrogens with two attached hydrogens (primary N) is 1. The Hall–Kier alpha value is -0.610. The number of carbonyl (C=O) groups is 1. The van der Waals surface area contributed by atoms with E-state index in [4.69, 9.17) is 5.73 Å². The minimum Gasteiger partial charge on any atom is -0.353 e. The molecule has 15 heavy (non-hydrogen) atoms. The molecule has 0 spiro atoms. The number of hydrogen-bond acceptors (Lipinski definition) is 3. The molecule has 1 fully saturated rings. The summed E-state index contributed by atoms with van der Waals surface area (Å²) in [7, 11) is 1.95. The van der Waals surface area contributed by atoms with Gasteiger partial charge in [-0.15, -0.1) is 0 Å². The highest BCUT2D eigenvalue weighted by Gasteiger charge is 2.32. The van der Waals surface area contributed by atoms with E-state index in [0.29, 0.717) is 19.1 Å². The summed E-state index contributed by atoms with van der Waals surface area (Å²) < 4.78 is 0. The van der Waals surface area contributed by atoms with Gasteiger partial charge in [-0.05, 0) is 40.2 Å². The molecule has 4 nitrogen and oxygen atoms in total. The first-order valence-electron chi connectivity index (χ1n) is 5.69. The van der Waals surface area contributed by atoms with Crippen LogP contribution in [0.25, 0.3) is 0 Å². The highest BCUT2D eigenvalue weighted by molar-refractivity contribution is 5.78. The van der Waals surface area contributed by atoms with E-state index < -0.39 is 0 Å². The van der Waals surface area contributed by atoms with Crippen LogP contribution < -0.4 is 11.1 Å². The van der Waals surface area contributed by atoms with Gasteiger partial charge in [0.2, 0.25) is 5.91 Å². The minimum absolute atomic E-state index is 0.0722. The summed E-state index contributed by atoms with van der Waals surface area (Å²) in [5, 5.41) is 2.91. The lowest BCUT2D eigenvalue weighted by molar-refractivity contribution is -0.122. The van der Waals surface area contributed by atoms with Crippen LogP contribution in [0.1, 0.15) is 33.1 Å². The summed E-state index contributed by atoms with van der Waals surface area (Å²) in [6, 6.07) is 0.395. The zero-order valence-corrected chi connectivity index (χ0v) is 10.0. The van der Waals surface area contributed by atoms with Gasteiger partial charge in [0, 0.05) is 18.1 Å². The van der Waals surface area contributed by atoms with Crippen LogP contribution in [0.2, 0.25) is 0 Å². The van der Waals surface area contributed by atoms with Crippen molar-refractivity contribution >= 4 is 5.91 Å². The molecule has 1 aliphatic carbocycles. The van der Waals surface area contributed by atoms with Crippen LogP contribution in [-0.2, 0) is 4.79 Å². The van der Waals surface area contributed by atoms with Crippen molar-refractivity contribution < 1.29 is 4.79 Å². The maximum absolute atomic E-state index is 11.5. The lowest BCUT2D eigenvalue weighted by Gasteiger charge is -2.38. The van der Waals surface area contributed by atoms with Crippen molar-refractivity contribution in [3.05, 3.63) is 0 Å². The molecule has 4 heteroatoms. The number of carbonyl (C=O) groups excluding carboxylic acids is 1. The molecule has 0 saturated heterocycles. The molecule has 1 aliphatic rings. The SMILES string of the molecule is CC(C)N(C)CC(=O)NCC1(N)CCC1. The zero-order valence-electron chi connectivity index (χ0n) is 10.0. The van der Waals surface area contributed by atoms with E-state index >= 15 is 0 Å². The van der Waals surface area contributed by atoms with Crippen LogP contribution in [0.5, 0.6) is 0 Å². The summed E-state index contributed by atoms with van der Waals surface area (Å²) in [6.07, 6.45) is 3.26. The van der Waals surface area contributed by atoms with Crippen molar-refractivity contribution in [2.75, 3.05) is 20.1 Å². The standard InChI is InChI=1S/C11H23N3O/c1-9(2)14(3)7-10(15)13-8-11(12)5-4-6-11/h9H,4-8,12H2,1-3H3,(H,13,15). The monoisotopic (exact) mass is 213 g/mol. The molecule has 88 valence electrons. The van der Waals surface area contributed by atoms with Gasteiger partial charge < -0.3 is 11.1 Å². The quantitative estimate of drug-likeness (QED) is 0.691. The number of amides is 1. The maximum atomic E-state index is 11.5. The summed E-state index contributed by atoms with van der Waals surface area (Å²) in [5.74, 6) is 0.0722. The topological polar surface area (TPSA) is 58.4 Å². The Labute approximate surface area is 92.2 Å². The van der Waals surface area contributed by atoms with E-state index in [1.54, 1.807) is 0 Å². The van der Waals surface area contributed by atoms with E-state index in [-0.39, 0.29) is 11.4 Å².